The van der Waals surface area contributed by atoms with Gasteiger partial charge in [0.15, 0.2) is 5.60 Å². The molecule has 1 aromatic rings. The molecule has 1 atom stereocenters. The molecule has 0 aliphatic carbocycles. The minimum atomic E-state index is -0.890. The SMILES string of the molecule is Cc1c(C)c2c(c(C)c1O)CC[C@@](C)(C(=O)N[N+](C)(C)C)O2. The first kappa shape index (κ1) is 16.6. The van der Waals surface area contributed by atoms with Crippen molar-refractivity contribution in [3.8, 4) is 11.5 Å². The molecule has 0 saturated heterocycles. The molecule has 0 fully saturated rings. The van der Waals surface area contributed by atoms with Gasteiger partial charge in [0.25, 0.3) is 0 Å². The first-order valence-electron chi connectivity index (χ1n) is 7.61. The topological polar surface area (TPSA) is 58.6 Å². The molecule has 1 amide bonds. The van der Waals surface area contributed by atoms with Crippen molar-refractivity contribution in [2.24, 2.45) is 0 Å². The number of hydrogen-bond donors (Lipinski definition) is 2. The molecule has 1 aromatic carbocycles. The normalized spacial score (nSPS) is 21.0. The predicted octanol–water partition coefficient (Wildman–Crippen LogP) is 2.14. The molecule has 22 heavy (non-hydrogen) atoms. The maximum atomic E-state index is 12.6. The number of hydrogen-bond acceptors (Lipinski definition) is 3. The van der Waals surface area contributed by atoms with Crippen LogP contribution in [0.15, 0.2) is 0 Å². The zero-order chi connectivity index (χ0) is 16.9. The number of quaternary nitrogens is 1. The Labute approximate surface area is 132 Å². The maximum Gasteiger partial charge on any atom is 0.308 e. The van der Waals surface area contributed by atoms with Crippen molar-refractivity contribution in [3.63, 3.8) is 0 Å². The van der Waals surface area contributed by atoms with Crippen molar-refractivity contribution in [1.82, 2.24) is 5.43 Å². The largest absolute Gasteiger partial charge is 0.507 e. The first-order valence-corrected chi connectivity index (χ1v) is 7.61. The molecular formula is C17H27N2O3+. The van der Waals surface area contributed by atoms with Crippen LogP contribution in [0.25, 0.3) is 0 Å². The van der Waals surface area contributed by atoms with Gasteiger partial charge in [-0.3, -0.25) is 4.79 Å². The van der Waals surface area contributed by atoms with E-state index in [1.54, 1.807) is 0 Å². The fourth-order valence-corrected chi connectivity index (χ4v) is 2.83. The number of nitrogens with zero attached hydrogens (tertiary/aromatic N) is 1. The second-order valence-corrected chi connectivity index (χ2v) is 7.32. The van der Waals surface area contributed by atoms with Gasteiger partial charge in [0.2, 0.25) is 0 Å². The van der Waals surface area contributed by atoms with Crippen LogP contribution in [0, 0.1) is 20.8 Å². The Kier molecular flexibility index (Phi) is 3.90. The minimum Gasteiger partial charge on any atom is -0.507 e. The van der Waals surface area contributed by atoms with E-state index >= 15 is 0 Å². The number of aromatic hydroxyl groups is 1. The summed E-state index contributed by atoms with van der Waals surface area (Å²) in [6, 6.07) is 0. The van der Waals surface area contributed by atoms with E-state index in [-0.39, 0.29) is 5.91 Å². The van der Waals surface area contributed by atoms with Gasteiger partial charge in [0.05, 0.1) is 21.1 Å². The molecule has 0 bridgehead atoms. The van der Waals surface area contributed by atoms with Crippen LogP contribution in [0.2, 0.25) is 0 Å². The first-order chi connectivity index (χ1) is 9.96. The van der Waals surface area contributed by atoms with Crippen LogP contribution in [0.3, 0.4) is 0 Å². The molecular weight excluding hydrogens is 280 g/mol. The highest BCUT2D eigenvalue weighted by atomic mass is 16.5. The summed E-state index contributed by atoms with van der Waals surface area (Å²) in [5, 5.41) is 10.2. The molecule has 0 aromatic heterocycles. The zero-order valence-electron chi connectivity index (χ0n) is 14.6. The highest BCUT2D eigenvalue weighted by Gasteiger charge is 2.42. The lowest BCUT2D eigenvalue weighted by Crippen LogP contribution is -2.60. The predicted molar refractivity (Wildman–Crippen MR) is 85.8 cm³/mol. The Morgan fingerprint density at radius 3 is 2.32 bits per heavy atom. The molecule has 1 aliphatic heterocycles. The van der Waals surface area contributed by atoms with Crippen molar-refractivity contribution in [1.29, 1.82) is 0 Å². The Balaban J connectivity index is 2.41. The smallest absolute Gasteiger partial charge is 0.308 e. The van der Waals surface area contributed by atoms with E-state index in [1.807, 2.05) is 48.8 Å². The minimum absolute atomic E-state index is 0.117. The Morgan fingerprint density at radius 2 is 1.77 bits per heavy atom. The van der Waals surface area contributed by atoms with Crippen molar-refractivity contribution in [3.05, 3.63) is 22.3 Å². The van der Waals surface area contributed by atoms with Crippen LogP contribution < -0.4 is 10.2 Å². The second kappa shape index (κ2) is 5.16. The van der Waals surface area contributed by atoms with Gasteiger partial charge in [-0.25, -0.2) is 4.59 Å². The summed E-state index contributed by atoms with van der Waals surface area (Å²) in [7, 11) is 5.70. The summed E-state index contributed by atoms with van der Waals surface area (Å²) in [6.07, 6.45) is 1.31. The molecule has 122 valence electrons. The summed E-state index contributed by atoms with van der Waals surface area (Å²) < 4.78 is 6.49. The van der Waals surface area contributed by atoms with E-state index in [9.17, 15) is 9.90 Å². The second-order valence-electron chi connectivity index (χ2n) is 7.32. The van der Waals surface area contributed by atoms with Gasteiger partial charge in [-0.15, -0.1) is 0 Å². The van der Waals surface area contributed by atoms with Crippen LogP contribution >= 0.6 is 0 Å². The summed E-state index contributed by atoms with van der Waals surface area (Å²) in [4.78, 5) is 12.6. The van der Waals surface area contributed by atoms with Crippen molar-refractivity contribution < 1.29 is 19.2 Å². The Bertz CT molecular complexity index is 632. The van der Waals surface area contributed by atoms with E-state index in [4.69, 9.17) is 4.74 Å². The van der Waals surface area contributed by atoms with Crippen LogP contribution in [-0.4, -0.2) is 42.3 Å². The molecule has 5 nitrogen and oxygen atoms in total. The number of benzene rings is 1. The van der Waals surface area contributed by atoms with Crippen LogP contribution in [0.5, 0.6) is 11.5 Å². The summed E-state index contributed by atoms with van der Waals surface area (Å²) in [5.41, 5.74) is 5.64. The average Bonchev–Trinajstić information content (AvgIpc) is 2.41. The number of phenols is 1. The Hall–Kier alpha value is -1.75. The quantitative estimate of drug-likeness (QED) is 0.650. The molecule has 1 aliphatic rings. The summed E-state index contributed by atoms with van der Waals surface area (Å²) in [5.74, 6) is 0.964. The highest BCUT2D eigenvalue weighted by Crippen LogP contribution is 2.43. The number of amides is 1. The average molecular weight is 307 g/mol. The number of carbonyl (C=O) groups is 1. The molecule has 5 heteroatoms. The van der Waals surface area contributed by atoms with E-state index in [2.05, 4.69) is 5.43 Å². The number of phenolic OH excluding ortho intramolecular Hbond substituents is 1. The number of ether oxygens (including phenoxy) is 1. The van der Waals surface area contributed by atoms with Gasteiger partial charge in [0.1, 0.15) is 11.5 Å². The maximum absolute atomic E-state index is 12.6. The molecule has 0 unspecified atom stereocenters. The van der Waals surface area contributed by atoms with E-state index in [1.165, 1.54) is 0 Å². The number of rotatable bonds is 2. The van der Waals surface area contributed by atoms with Crippen LogP contribution in [0.4, 0.5) is 0 Å². The van der Waals surface area contributed by atoms with Crippen LogP contribution in [-0.2, 0) is 11.2 Å². The van der Waals surface area contributed by atoms with Crippen molar-refractivity contribution in [2.45, 2.75) is 46.1 Å². The standard InChI is InChI=1S/C17H26N2O3/c1-10-11(2)15-13(12(3)14(10)20)8-9-17(4,22-15)16(21)18-19(5,6)7/h8-9H2,1-7H3,(H-,18,20,21)/p+1/t17-/m0/s1. The fraction of sp³-hybridized carbons (Fsp3) is 0.588. The zero-order valence-corrected chi connectivity index (χ0v) is 14.6. The van der Waals surface area contributed by atoms with Gasteiger partial charge >= 0.3 is 5.91 Å². The van der Waals surface area contributed by atoms with Crippen molar-refractivity contribution in [2.75, 3.05) is 21.1 Å². The van der Waals surface area contributed by atoms with E-state index in [0.29, 0.717) is 16.8 Å². The third kappa shape index (κ3) is 2.77. The third-order valence-corrected chi connectivity index (χ3v) is 4.44. The summed E-state index contributed by atoms with van der Waals surface area (Å²) >= 11 is 0. The van der Waals surface area contributed by atoms with E-state index < -0.39 is 5.60 Å². The lowest BCUT2D eigenvalue weighted by molar-refractivity contribution is -0.906. The van der Waals surface area contributed by atoms with E-state index in [0.717, 1.165) is 34.4 Å². The Morgan fingerprint density at radius 1 is 1.18 bits per heavy atom. The molecule has 1 heterocycles. The van der Waals surface area contributed by atoms with Gasteiger partial charge in [-0.1, -0.05) is 0 Å². The lowest BCUT2D eigenvalue weighted by atomic mass is 9.87. The lowest BCUT2D eigenvalue weighted by Gasteiger charge is -2.38. The molecule has 2 rings (SSSR count). The third-order valence-electron chi connectivity index (χ3n) is 4.44. The van der Waals surface area contributed by atoms with Gasteiger partial charge < -0.3 is 9.84 Å². The number of nitrogens with one attached hydrogen (secondary N) is 1. The monoisotopic (exact) mass is 307 g/mol. The van der Waals surface area contributed by atoms with Gasteiger partial charge in [-0.2, -0.15) is 5.43 Å². The number of carbonyl (C=O) groups excluding carboxylic acids is 1. The molecule has 0 spiro atoms. The summed E-state index contributed by atoms with van der Waals surface area (Å²) in [6.45, 7) is 7.53. The molecule has 0 saturated carbocycles. The van der Waals surface area contributed by atoms with Gasteiger partial charge in [-0.05, 0) is 50.8 Å². The molecule has 0 radical (unpaired) electrons. The van der Waals surface area contributed by atoms with Crippen LogP contribution in [0.1, 0.15) is 35.6 Å². The van der Waals surface area contributed by atoms with Gasteiger partial charge in [0, 0.05) is 12.0 Å². The fourth-order valence-electron chi connectivity index (χ4n) is 2.83. The number of fused-ring (bicyclic) bond motifs is 1. The van der Waals surface area contributed by atoms with Crippen molar-refractivity contribution >= 4 is 5.91 Å². The highest BCUT2D eigenvalue weighted by molar-refractivity contribution is 5.85. The molecule has 2 N–H and O–H groups in total.